The standard InChI is InChI=1S/C27H20N4/c1-4-11-20(12-5-1)25-29-26(21-13-6-2-7-14-21)31-27(30-25)22-15-10-18-24(19-22)28-23-16-8-3-9-17-23/h1-19,28H. The number of anilines is 2. The number of rotatable bonds is 5. The van der Waals surface area contributed by atoms with Crippen molar-refractivity contribution < 1.29 is 0 Å². The molecular formula is C27H20N4. The summed E-state index contributed by atoms with van der Waals surface area (Å²) in [6, 6.07) is 38.2. The molecule has 0 atom stereocenters. The summed E-state index contributed by atoms with van der Waals surface area (Å²) < 4.78 is 0. The van der Waals surface area contributed by atoms with Gasteiger partial charge in [-0.15, -0.1) is 0 Å². The van der Waals surface area contributed by atoms with Gasteiger partial charge in [0.15, 0.2) is 17.5 Å². The summed E-state index contributed by atoms with van der Waals surface area (Å²) in [6.45, 7) is 0. The van der Waals surface area contributed by atoms with E-state index in [1.54, 1.807) is 0 Å². The summed E-state index contributed by atoms with van der Waals surface area (Å²) in [5.74, 6) is 1.96. The molecule has 0 aliphatic carbocycles. The zero-order chi connectivity index (χ0) is 20.9. The Hall–Kier alpha value is -4.31. The van der Waals surface area contributed by atoms with E-state index >= 15 is 0 Å². The molecule has 0 radical (unpaired) electrons. The third-order valence-electron chi connectivity index (χ3n) is 4.88. The number of nitrogens with one attached hydrogen (secondary N) is 1. The van der Waals surface area contributed by atoms with Crippen molar-refractivity contribution in [1.29, 1.82) is 0 Å². The predicted molar refractivity (Wildman–Crippen MR) is 126 cm³/mol. The summed E-state index contributed by atoms with van der Waals surface area (Å²) in [5.41, 5.74) is 4.86. The smallest absolute Gasteiger partial charge is 0.164 e. The number of para-hydroxylation sites is 1. The number of aromatic nitrogens is 3. The fourth-order valence-corrected chi connectivity index (χ4v) is 3.36. The molecule has 1 N–H and O–H groups in total. The van der Waals surface area contributed by atoms with Crippen LogP contribution in [0.3, 0.4) is 0 Å². The molecule has 4 heteroatoms. The van der Waals surface area contributed by atoms with Crippen molar-refractivity contribution >= 4 is 11.4 Å². The third kappa shape index (κ3) is 4.33. The van der Waals surface area contributed by atoms with Gasteiger partial charge in [-0.3, -0.25) is 0 Å². The Kier molecular flexibility index (Phi) is 5.18. The Morgan fingerprint density at radius 1 is 0.387 bits per heavy atom. The van der Waals surface area contributed by atoms with Crippen molar-refractivity contribution in [3.8, 4) is 34.2 Å². The number of nitrogens with zero attached hydrogens (tertiary/aromatic N) is 3. The van der Waals surface area contributed by atoms with Gasteiger partial charge in [0.05, 0.1) is 0 Å². The Balaban J connectivity index is 1.59. The molecule has 0 aliphatic heterocycles. The Morgan fingerprint density at radius 2 is 0.806 bits per heavy atom. The van der Waals surface area contributed by atoms with E-state index in [1.165, 1.54) is 0 Å². The number of hydrogen-bond acceptors (Lipinski definition) is 4. The highest BCUT2D eigenvalue weighted by Gasteiger charge is 2.12. The van der Waals surface area contributed by atoms with E-state index in [0.29, 0.717) is 17.5 Å². The van der Waals surface area contributed by atoms with Gasteiger partial charge < -0.3 is 5.32 Å². The fourth-order valence-electron chi connectivity index (χ4n) is 3.36. The van der Waals surface area contributed by atoms with Crippen LogP contribution in [0, 0.1) is 0 Å². The van der Waals surface area contributed by atoms with Gasteiger partial charge in [0.25, 0.3) is 0 Å². The first kappa shape index (κ1) is 18.7. The molecule has 148 valence electrons. The zero-order valence-electron chi connectivity index (χ0n) is 16.8. The van der Waals surface area contributed by atoms with Gasteiger partial charge in [-0.2, -0.15) is 0 Å². The molecule has 0 saturated heterocycles. The minimum absolute atomic E-state index is 0.643. The van der Waals surface area contributed by atoms with Gasteiger partial charge in [0.2, 0.25) is 0 Å². The maximum atomic E-state index is 4.80. The van der Waals surface area contributed by atoms with E-state index in [4.69, 9.17) is 15.0 Å². The van der Waals surface area contributed by atoms with Crippen molar-refractivity contribution in [2.45, 2.75) is 0 Å². The summed E-state index contributed by atoms with van der Waals surface area (Å²) >= 11 is 0. The average Bonchev–Trinajstić information content (AvgIpc) is 2.86. The van der Waals surface area contributed by atoms with Crippen molar-refractivity contribution in [2.75, 3.05) is 5.32 Å². The topological polar surface area (TPSA) is 50.7 Å². The second-order valence-electron chi connectivity index (χ2n) is 7.11. The highest BCUT2D eigenvalue weighted by molar-refractivity contribution is 5.70. The molecule has 0 bridgehead atoms. The molecule has 0 aliphatic rings. The van der Waals surface area contributed by atoms with Crippen LogP contribution in [-0.2, 0) is 0 Å². The first-order chi connectivity index (χ1) is 15.3. The second-order valence-corrected chi connectivity index (χ2v) is 7.11. The minimum atomic E-state index is 0.643. The SMILES string of the molecule is c1ccc(Nc2cccc(-c3nc(-c4ccccc4)nc(-c4ccccc4)n3)c2)cc1. The van der Waals surface area contributed by atoms with Gasteiger partial charge in [-0.25, -0.2) is 15.0 Å². The lowest BCUT2D eigenvalue weighted by Crippen LogP contribution is -2.00. The van der Waals surface area contributed by atoms with E-state index < -0.39 is 0 Å². The van der Waals surface area contributed by atoms with Crippen molar-refractivity contribution in [3.05, 3.63) is 115 Å². The maximum absolute atomic E-state index is 4.80. The normalized spacial score (nSPS) is 10.6. The predicted octanol–water partition coefficient (Wildman–Crippen LogP) is 6.62. The molecule has 5 aromatic rings. The summed E-state index contributed by atoms with van der Waals surface area (Å²) in [6.07, 6.45) is 0. The summed E-state index contributed by atoms with van der Waals surface area (Å²) in [5, 5.41) is 3.44. The van der Waals surface area contributed by atoms with Crippen LogP contribution in [0.2, 0.25) is 0 Å². The molecule has 0 unspecified atom stereocenters. The first-order valence-electron chi connectivity index (χ1n) is 10.1. The molecule has 31 heavy (non-hydrogen) atoms. The Labute approximate surface area is 181 Å². The van der Waals surface area contributed by atoms with Crippen LogP contribution < -0.4 is 5.32 Å². The second kappa shape index (κ2) is 8.59. The highest BCUT2D eigenvalue weighted by Crippen LogP contribution is 2.27. The maximum Gasteiger partial charge on any atom is 0.164 e. The molecule has 1 heterocycles. The largest absolute Gasteiger partial charge is 0.356 e. The Morgan fingerprint density at radius 3 is 1.35 bits per heavy atom. The summed E-state index contributed by atoms with van der Waals surface area (Å²) in [4.78, 5) is 14.3. The molecule has 4 aromatic carbocycles. The molecule has 0 saturated carbocycles. The van der Waals surface area contributed by atoms with Crippen LogP contribution in [0.25, 0.3) is 34.2 Å². The fraction of sp³-hybridized carbons (Fsp3) is 0. The lowest BCUT2D eigenvalue weighted by Gasteiger charge is -2.10. The van der Waals surface area contributed by atoms with Gasteiger partial charge >= 0.3 is 0 Å². The quantitative estimate of drug-likeness (QED) is 0.360. The van der Waals surface area contributed by atoms with E-state index in [-0.39, 0.29) is 0 Å². The number of hydrogen-bond donors (Lipinski definition) is 1. The minimum Gasteiger partial charge on any atom is -0.356 e. The van der Waals surface area contributed by atoms with Gasteiger partial charge in [0.1, 0.15) is 0 Å². The van der Waals surface area contributed by atoms with Crippen LogP contribution in [0.1, 0.15) is 0 Å². The summed E-state index contributed by atoms with van der Waals surface area (Å²) in [7, 11) is 0. The monoisotopic (exact) mass is 400 g/mol. The molecule has 0 spiro atoms. The molecule has 4 nitrogen and oxygen atoms in total. The van der Waals surface area contributed by atoms with E-state index in [0.717, 1.165) is 28.1 Å². The highest BCUT2D eigenvalue weighted by atomic mass is 15.0. The van der Waals surface area contributed by atoms with Crippen LogP contribution in [0.15, 0.2) is 115 Å². The Bertz CT molecular complexity index is 1230. The van der Waals surface area contributed by atoms with Gasteiger partial charge in [-0.05, 0) is 24.3 Å². The van der Waals surface area contributed by atoms with Crippen molar-refractivity contribution in [1.82, 2.24) is 15.0 Å². The van der Waals surface area contributed by atoms with Crippen molar-refractivity contribution in [3.63, 3.8) is 0 Å². The lowest BCUT2D eigenvalue weighted by atomic mass is 10.1. The van der Waals surface area contributed by atoms with Crippen LogP contribution in [-0.4, -0.2) is 15.0 Å². The van der Waals surface area contributed by atoms with Crippen molar-refractivity contribution in [2.24, 2.45) is 0 Å². The first-order valence-corrected chi connectivity index (χ1v) is 10.1. The van der Waals surface area contributed by atoms with Crippen LogP contribution >= 0.6 is 0 Å². The molecule has 0 amide bonds. The molecule has 1 aromatic heterocycles. The lowest BCUT2D eigenvalue weighted by molar-refractivity contribution is 1.07. The van der Waals surface area contributed by atoms with Crippen LogP contribution in [0.4, 0.5) is 11.4 Å². The molecule has 5 rings (SSSR count). The van der Waals surface area contributed by atoms with E-state index in [9.17, 15) is 0 Å². The van der Waals surface area contributed by atoms with E-state index in [2.05, 4.69) is 11.4 Å². The third-order valence-corrected chi connectivity index (χ3v) is 4.88. The van der Waals surface area contributed by atoms with Gasteiger partial charge in [-0.1, -0.05) is 91.0 Å². The van der Waals surface area contributed by atoms with Crippen LogP contribution in [0.5, 0.6) is 0 Å². The number of benzene rings is 4. The van der Waals surface area contributed by atoms with Gasteiger partial charge in [0, 0.05) is 28.1 Å². The average molecular weight is 400 g/mol. The van der Waals surface area contributed by atoms with E-state index in [1.807, 2.05) is 109 Å². The zero-order valence-corrected chi connectivity index (χ0v) is 16.8. The molecule has 0 fully saturated rings. The molecular weight excluding hydrogens is 380 g/mol.